The van der Waals surface area contributed by atoms with Crippen LogP contribution in [0.25, 0.3) is 10.1 Å². The van der Waals surface area contributed by atoms with Gasteiger partial charge in [-0.2, -0.15) is 12.8 Å². The molecule has 4 aromatic rings. The molecule has 138 valence electrons. The van der Waals surface area contributed by atoms with Crippen LogP contribution in [0.3, 0.4) is 0 Å². The standard InChI is InChI=1S/C22H15NO3S2/c24-22(16-9-3-1-4-10-16)21-15-19(18-13-7-8-14-20(18)27-21)23-28(25,26)17-11-5-2-6-12-17/h1-15H. The first-order chi connectivity index (χ1) is 13.5. The maximum atomic E-state index is 12.9. The summed E-state index contributed by atoms with van der Waals surface area (Å²) in [6.45, 7) is 0. The van der Waals surface area contributed by atoms with Gasteiger partial charge in [0, 0.05) is 15.6 Å². The maximum Gasteiger partial charge on any atom is 0.282 e. The van der Waals surface area contributed by atoms with Crippen molar-refractivity contribution in [1.29, 1.82) is 0 Å². The molecule has 0 aliphatic carbocycles. The van der Waals surface area contributed by atoms with Crippen LogP contribution in [-0.2, 0) is 10.0 Å². The average Bonchev–Trinajstić information content (AvgIpc) is 2.74. The Morgan fingerprint density at radius 2 is 1.39 bits per heavy atom. The zero-order valence-electron chi connectivity index (χ0n) is 14.6. The van der Waals surface area contributed by atoms with E-state index in [1.54, 1.807) is 48.5 Å². The molecule has 0 unspecified atom stereocenters. The first-order valence-electron chi connectivity index (χ1n) is 8.53. The van der Waals surface area contributed by atoms with Crippen LogP contribution in [0.15, 0.2) is 100 Å². The van der Waals surface area contributed by atoms with E-state index in [9.17, 15) is 13.2 Å². The maximum absolute atomic E-state index is 12.9. The van der Waals surface area contributed by atoms with Gasteiger partial charge >= 0.3 is 0 Å². The van der Waals surface area contributed by atoms with Crippen LogP contribution >= 0.6 is 11.3 Å². The molecular weight excluding hydrogens is 390 g/mol. The fourth-order valence-corrected chi connectivity index (χ4v) is 4.87. The molecule has 0 spiro atoms. The zero-order valence-corrected chi connectivity index (χ0v) is 16.3. The van der Waals surface area contributed by atoms with E-state index >= 15 is 0 Å². The predicted octanol–water partition coefficient (Wildman–Crippen LogP) is 4.42. The molecule has 0 amide bonds. The summed E-state index contributed by atoms with van der Waals surface area (Å²) < 4.78 is 30.3. The van der Waals surface area contributed by atoms with Crippen LogP contribution in [0.2, 0.25) is 0 Å². The summed E-state index contributed by atoms with van der Waals surface area (Å²) in [4.78, 5) is 13.4. The Morgan fingerprint density at radius 1 is 0.786 bits per heavy atom. The molecule has 1 aromatic heterocycles. The van der Waals surface area contributed by atoms with Gasteiger partial charge < -0.3 is 0 Å². The second-order valence-corrected chi connectivity index (χ2v) is 8.75. The number of hydrogen-bond acceptors (Lipinski definition) is 4. The first kappa shape index (κ1) is 18.3. The summed E-state index contributed by atoms with van der Waals surface area (Å²) in [5.41, 5.74) is 0.547. The van der Waals surface area contributed by atoms with Gasteiger partial charge in [0.25, 0.3) is 10.0 Å². The van der Waals surface area contributed by atoms with Crippen molar-refractivity contribution in [3.63, 3.8) is 0 Å². The number of nitrogens with zero attached hydrogens (tertiary/aromatic N) is 1. The minimum Gasteiger partial charge on any atom is -0.288 e. The molecule has 3 aromatic carbocycles. The van der Waals surface area contributed by atoms with E-state index in [2.05, 4.69) is 4.40 Å². The monoisotopic (exact) mass is 405 g/mol. The topological polar surface area (TPSA) is 63.6 Å². The Balaban J connectivity index is 1.94. The van der Waals surface area contributed by atoms with Gasteiger partial charge in [-0.1, -0.05) is 66.7 Å². The van der Waals surface area contributed by atoms with Crippen LogP contribution in [0.5, 0.6) is 0 Å². The molecule has 1 heterocycles. The molecule has 0 N–H and O–H groups in total. The average molecular weight is 406 g/mol. The Kier molecular flexibility index (Phi) is 4.90. The van der Waals surface area contributed by atoms with Crippen molar-refractivity contribution in [2.24, 2.45) is 4.40 Å². The Hall–Kier alpha value is -3.09. The molecule has 28 heavy (non-hydrogen) atoms. The third-order valence-electron chi connectivity index (χ3n) is 4.17. The van der Waals surface area contributed by atoms with Gasteiger partial charge in [0.05, 0.1) is 15.1 Å². The second kappa shape index (κ2) is 7.50. The minimum atomic E-state index is -3.89. The number of ketones is 1. The van der Waals surface area contributed by atoms with Gasteiger partial charge in [-0.05, 0) is 24.3 Å². The van der Waals surface area contributed by atoms with Gasteiger partial charge in [-0.25, -0.2) is 0 Å². The fraction of sp³-hybridized carbons (Fsp3) is 0. The summed E-state index contributed by atoms with van der Waals surface area (Å²) in [6, 6.07) is 25.9. The summed E-state index contributed by atoms with van der Waals surface area (Å²) in [6.07, 6.45) is 0. The molecule has 4 nitrogen and oxygen atoms in total. The highest BCUT2D eigenvalue weighted by atomic mass is 32.2. The molecule has 0 bridgehead atoms. The van der Waals surface area contributed by atoms with Crippen LogP contribution < -0.4 is 5.36 Å². The lowest BCUT2D eigenvalue weighted by Gasteiger charge is -2.04. The number of carbonyl (C=O) groups is 1. The molecule has 0 fully saturated rings. The zero-order chi connectivity index (χ0) is 19.6. The quantitative estimate of drug-likeness (QED) is 0.472. The van der Waals surface area contributed by atoms with E-state index in [-0.39, 0.29) is 16.0 Å². The van der Waals surface area contributed by atoms with Crippen molar-refractivity contribution in [3.8, 4) is 0 Å². The van der Waals surface area contributed by atoms with Crippen molar-refractivity contribution in [3.05, 3.63) is 107 Å². The fourth-order valence-electron chi connectivity index (χ4n) is 2.81. The van der Waals surface area contributed by atoms with Crippen LogP contribution in [0, 0.1) is 0 Å². The van der Waals surface area contributed by atoms with Crippen molar-refractivity contribution in [1.82, 2.24) is 0 Å². The minimum absolute atomic E-state index is 0.113. The molecule has 0 aliphatic rings. The summed E-state index contributed by atoms with van der Waals surface area (Å²) >= 11 is 1.32. The van der Waals surface area contributed by atoms with E-state index in [1.807, 2.05) is 30.3 Å². The molecule has 0 aliphatic heterocycles. The van der Waals surface area contributed by atoms with Gasteiger partial charge in [0.2, 0.25) is 5.78 Å². The van der Waals surface area contributed by atoms with Crippen LogP contribution in [0.1, 0.15) is 15.2 Å². The molecule has 0 radical (unpaired) electrons. The third kappa shape index (κ3) is 3.65. The summed E-state index contributed by atoms with van der Waals surface area (Å²) in [5.74, 6) is -0.162. The van der Waals surface area contributed by atoms with Crippen LogP contribution in [-0.4, -0.2) is 14.2 Å². The van der Waals surface area contributed by atoms with Gasteiger partial charge in [-0.3, -0.25) is 4.79 Å². The van der Waals surface area contributed by atoms with Crippen molar-refractivity contribution >= 4 is 37.2 Å². The number of carbonyl (C=O) groups excluding carboxylic acids is 1. The summed E-state index contributed by atoms with van der Waals surface area (Å²) in [7, 11) is -3.89. The molecular formula is C22H15NO3S2. The highest BCUT2D eigenvalue weighted by Gasteiger charge is 2.15. The smallest absolute Gasteiger partial charge is 0.282 e. The van der Waals surface area contributed by atoms with Gasteiger partial charge in [-0.15, -0.1) is 11.3 Å². The molecule has 0 saturated heterocycles. The Bertz CT molecular complexity index is 1330. The number of rotatable bonds is 4. The van der Waals surface area contributed by atoms with Gasteiger partial charge in [0.15, 0.2) is 0 Å². The Labute approximate surface area is 166 Å². The lowest BCUT2D eigenvalue weighted by Crippen LogP contribution is -2.11. The molecule has 6 heteroatoms. The SMILES string of the molecule is O=C(c1ccccc1)c1cc(=NS(=O)(=O)c2ccccc2)c2ccccc2s1. The predicted molar refractivity (Wildman–Crippen MR) is 111 cm³/mol. The Morgan fingerprint density at radius 3 is 2.11 bits per heavy atom. The number of hydrogen-bond donors (Lipinski definition) is 0. The molecule has 4 rings (SSSR count). The largest absolute Gasteiger partial charge is 0.288 e. The van der Waals surface area contributed by atoms with Crippen molar-refractivity contribution < 1.29 is 13.2 Å². The second-order valence-electron chi connectivity index (χ2n) is 6.07. The van der Waals surface area contributed by atoms with E-state index in [1.165, 1.54) is 23.5 Å². The van der Waals surface area contributed by atoms with E-state index in [0.29, 0.717) is 15.8 Å². The lowest BCUT2D eigenvalue weighted by molar-refractivity contribution is 0.104. The first-order valence-corrected chi connectivity index (χ1v) is 10.8. The van der Waals surface area contributed by atoms with E-state index < -0.39 is 10.0 Å². The molecule has 0 atom stereocenters. The summed E-state index contributed by atoms with van der Waals surface area (Å²) in [5, 5.41) is 0.953. The van der Waals surface area contributed by atoms with E-state index in [0.717, 1.165) is 4.70 Å². The highest BCUT2D eigenvalue weighted by Crippen LogP contribution is 2.22. The lowest BCUT2D eigenvalue weighted by atomic mass is 10.1. The number of fused-ring (bicyclic) bond motifs is 1. The normalized spacial score (nSPS) is 12.2. The highest BCUT2D eigenvalue weighted by molar-refractivity contribution is 7.90. The van der Waals surface area contributed by atoms with Crippen LogP contribution in [0.4, 0.5) is 0 Å². The van der Waals surface area contributed by atoms with E-state index in [4.69, 9.17) is 0 Å². The number of sulfonamides is 1. The van der Waals surface area contributed by atoms with Crippen molar-refractivity contribution in [2.45, 2.75) is 4.90 Å². The third-order valence-corrected chi connectivity index (χ3v) is 6.57. The number of benzene rings is 3. The van der Waals surface area contributed by atoms with Gasteiger partial charge in [0.1, 0.15) is 0 Å². The molecule has 0 saturated carbocycles. The van der Waals surface area contributed by atoms with Crippen molar-refractivity contribution in [2.75, 3.05) is 0 Å².